The minimum atomic E-state index is -4.75. The van der Waals surface area contributed by atoms with Crippen molar-refractivity contribution in [3.63, 3.8) is 0 Å². The molecular weight excluding hydrogens is 317 g/mol. The summed E-state index contributed by atoms with van der Waals surface area (Å²) < 4.78 is 14.3. The molecule has 3 N–H and O–H groups in total. The number of unbranched alkanes of at least 4 members (excludes halogenated alkanes) is 11. The maximum atomic E-state index is 10.2. The molecule has 0 heterocycles. The molecule has 0 amide bonds. The lowest BCUT2D eigenvalue weighted by atomic mass is 10.1. The van der Waals surface area contributed by atoms with E-state index in [1.807, 2.05) is 0 Å². The summed E-state index contributed by atoms with van der Waals surface area (Å²) in [6.07, 6.45) is 14.6. The van der Waals surface area contributed by atoms with E-state index in [4.69, 9.17) is 10.8 Å². The number of aliphatic hydroxyl groups is 1. The van der Waals surface area contributed by atoms with Gasteiger partial charge in [0.25, 0.3) is 0 Å². The molecular formula is C16H36NO5P-2. The van der Waals surface area contributed by atoms with Crippen LogP contribution in [0.25, 0.3) is 0 Å². The molecule has 0 rings (SSSR count). The van der Waals surface area contributed by atoms with E-state index in [0.717, 1.165) is 12.8 Å². The summed E-state index contributed by atoms with van der Waals surface area (Å²) in [5.74, 6) is 0. The van der Waals surface area contributed by atoms with Crippen LogP contribution in [-0.2, 0) is 9.09 Å². The lowest BCUT2D eigenvalue weighted by Crippen LogP contribution is -2.16. The SMILES string of the molecule is CCCCCCCCCCCCCCOP(=O)([O-])[O-].NCCO. The highest BCUT2D eigenvalue weighted by atomic mass is 31.2. The molecule has 0 aromatic carbocycles. The van der Waals surface area contributed by atoms with Gasteiger partial charge in [-0.15, -0.1) is 0 Å². The maximum Gasteiger partial charge on any atom is 0.0596 e. The van der Waals surface area contributed by atoms with E-state index in [1.54, 1.807) is 0 Å². The zero-order valence-corrected chi connectivity index (χ0v) is 15.6. The molecule has 0 saturated carbocycles. The average Bonchev–Trinajstić information content (AvgIpc) is 2.51. The smallest absolute Gasteiger partial charge is 0.0596 e. The quantitative estimate of drug-likeness (QED) is 0.345. The molecule has 7 heteroatoms. The third-order valence-corrected chi connectivity index (χ3v) is 3.88. The summed E-state index contributed by atoms with van der Waals surface area (Å²) in [5, 5.41) is 7.75. The summed E-state index contributed by atoms with van der Waals surface area (Å²) in [4.78, 5) is 20.4. The molecule has 0 fully saturated rings. The Morgan fingerprint density at radius 2 is 1.22 bits per heavy atom. The summed E-state index contributed by atoms with van der Waals surface area (Å²) >= 11 is 0. The number of hydrogen-bond donors (Lipinski definition) is 2. The standard InChI is InChI=1S/C14H31O4P.C2H7NO/c1-2-3-4-5-6-7-8-9-10-11-12-13-14-18-19(15,16)17;3-1-2-4/h2-14H2,1H3,(H2,15,16,17);4H,1-3H2/p-2. The fourth-order valence-corrected chi connectivity index (χ4v) is 2.47. The summed E-state index contributed by atoms with van der Waals surface area (Å²) in [7, 11) is -4.75. The van der Waals surface area contributed by atoms with Crippen molar-refractivity contribution in [2.24, 2.45) is 5.73 Å². The van der Waals surface area contributed by atoms with Crippen molar-refractivity contribution < 1.29 is 24.0 Å². The van der Waals surface area contributed by atoms with Crippen LogP contribution >= 0.6 is 7.82 Å². The van der Waals surface area contributed by atoms with E-state index >= 15 is 0 Å². The third-order valence-electron chi connectivity index (χ3n) is 3.38. The Bertz CT molecular complexity index is 259. The number of phosphoric acid groups is 1. The number of phosphoric ester groups is 1. The molecule has 0 aromatic heterocycles. The van der Waals surface area contributed by atoms with Gasteiger partial charge in [0, 0.05) is 6.54 Å². The molecule has 0 radical (unpaired) electrons. The number of nitrogens with two attached hydrogens (primary N) is 1. The van der Waals surface area contributed by atoms with Gasteiger partial charge in [-0.25, -0.2) is 0 Å². The largest absolute Gasteiger partial charge is 0.790 e. The van der Waals surface area contributed by atoms with Gasteiger partial charge in [0.15, 0.2) is 0 Å². The van der Waals surface area contributed by atoms with E-state index in [9.17, 15) is 14.4 Å². The van der Waals surface area contributed by atoms with Crippen LogP contribution in [0.4, 0.5) is 0 Å². The predicted molar refractivity (Wildman–Crippen MR) is 90.8 cm³/mol. The Kier molecular flexibility index (Phi) is 22.1. The Morgan fingerprint density at radius 1 is 0.870 bits per heavy atom. The first-order valence-electron chi connectivity index (χ1n) is 8.95. The van der Waals surface area contributed by atoms with Crippen LogP contribution in [-0.4, -0.2) is 24.9 Å². The summed E-state index contributed by atoms with van der Waals surface area (Å²) in [5.41, 5.74) is 4.78. The third kappa shape index (κ3) is 30.5. The van der Waals surface area contributed by atoms with Crippen LogP contribution < -0.4 is 15.5 Å². The molecule has 0 aliphatic heterocycles. The van der Waals surface area contributed by atoms with Gasteiger partial charge < -0.3 is 29.7 Å². The molecule has 142 valence electrons. The van der Waals surface area contributed by atoms with E-state index in [0.29, 0.717) is 13.0 Å². The summed E-state index contributed by atoms with van der Waals surface area (Å²) in [6, 6.07) is 0. The molecule has 0 aliphatic rings. The van der Waals surface area contributed by atoms with Crippen molar-refractivity contribution in [2.45, 2.75) is 84.0 Å². The molecule has 0 spiro atoms. The van der Waals surface area contributed by atoms with Gasteiger partial charge in [-0.05, 0) is 6.42 Å². The zero-order chi connectivity index (χ0) is 17.8. The van der Waals surface area contributed by atoms with Crippen LogP contribution in [0.15, 0.2) is 0 Å². The van der Waals surface area contributed by atoms with Crippen molar-refractivity contribution in [1.29, 1.82) is 0 Å². The highest BCUT2D eigenvalue weighted by Gasteiger charge is 1.94. The summed E-state index contributed by atoms with van der Waals surface area (Å²) in [6.45, 7) is 2.75. The molecule has 0 saturated heterocycles. The van der Waals surface area contributed by atoms with Gasteiger partial charge in [0.1, 0.15) is 0 Å². The Morgan fingerprint density at radius 3 is 1.52 bits per heavy atom. The van der Waals surface area contributed by atoms with E-state index in [-0.39, 0.29) is 13.2 Å². The monoisotopic (exact) mass is 353 g/mol. The second-order valence-corrected chi connectivity index (χ2v) is 6.83. The van der Waals surface area contributed by atoms with Gasteiger partial charge >= 0.3 is 0 Å². The van der Waals surface area contributed by atoms with Crippen LogP contribution in [0.1, 0.15) is 84.0 Å². The van der Waals surface area contributed by atoms with Gasteiger partial charge in [-0.2, -0.15) is 0 Å². The molecule has 0 bridgehead atoms. The molecule has 0 atom stereocenters. The number of aliphatic hydroxyl groups excluding tert-OH is 1. The van der Waals surface area contributed by atoms with Crippen LogP contribution in [0.5, 0.6) is 0 Å². The topological polar surface area (TPSA) is 119 Å². The number of hydrogen-bond acceptors (Lipinski definition) is 6. The Hall–Kier alpha value is 0.0300. The molecule has 23 heavy (non-hydrogen) atoms. The zero-order valence-electron chi connectivity index (χ0n) is 14.7. The lowest BCUT2D eigenvalue weighted by molar-refractivity contribution is -0.341. The van der Waals surface area contributed by atoms with Gasteiger partial charge in [-0.1, -0.05) is 77.6 Å². The minimum absolute atomic E-state index is 0.0434. The normalized spacial score (nSPS) is 11.2. The van der Waals surface area contributed by atoms with Gasteiger partial charge in [-0.3, -0.25) is 0 Å². The molecule has 0 aromatic rings. The van der Waals surface area contributed by atoms with Crippen LogP contribution in [0.3, 0.4) is 0 Å². The fourth-order valence-electron chi connectivity index (χ4n) is 2.12. The second kappa shape index (κ2) is 20.1. The highest BCUT2D eigenvalue weighted by molar-refractivity contribution is 7.43. The minimum Gasteiger partial charge on any atom is -0.790 e. The average molecular weight is 353 g/mol. The molecule has 0 unspecified atom stereocenters. The second-order valence-electron chi connectivity index (χ2n) is 5.68. The van der Waals surface area contributed by atoms with E-state index in [2.05, 4.69) is 11.4 Å². The Balaban J connectivity index is 0. The number of rotatable bonds is 15. The van der Waals surface area contributed by atoms with Gasteiger partial charge in [0.2, 0.25) is 0 Å². The van der Waals surface area contributed by atoms with Crippen molar-refractivity contribution in [3.8, 4) is 0 Å². The van der Waals surface area contributed by atoms with Crippen molar-refractivity contribution in [1.82, 2.24) is 0 Å². The maximum absolute atomic E-state index is 10.2. The molecule has 6 nitrogen and oxygen atoms in total. The van der Waals surface area contributed by atoms with Crippen molar-refractivity contribution in [2.75, 3.05) is 19.8 Å². The predicted octanol–water partition coefficient (Wildman–Crippen LogP) is 2.47. The molecule has 0 aliphatic carbocycles. The van der Waals surface area contributed by atoms with E-state index in [1.165, 1.54) is 57.8 Å². The lowest BCUT2D eigenvalue weighted by Gasteiger charge is -2.28. The first kappa shape index (κ1) is 25.3. The fraction of sp³-hybridized carbons (Fsp3) is 1.00. The van der Waals surface area contributed by atoms with Crippen LogP contribution in [0, 0.1) is 0 Å². The van der Waals surface area contributed by atoms with E-state index < -0.39 is 7.82 Å². The van der Waals surface area contributed by atoms with Crippen molar-refractivity contribution >= 4 is 7.82 Å². The van der Waals surface area contributed by atoms with Gasteiger partial charge in [0.05, 0.1) is 21.0 Å². The first-order chi connectivity index (χ1) is 11.0. The highest BCUT2D eigenvalue weighted by Crippen LogP contribution is 2.24. The van der Waals surface area contributed by atoms with Crippen LogP contribution in [0.2, 0.25) is 0 Å². The first-order valence-corrected chi connectivity index (χ1v) is 10.4. The Labute approximate surface area is 142 Å². The van der Waals surface area contributed by atoms with Crippen molar-refractivity contribution in [3.05, 3.63) is 0 Å².